The van der Waals surface area contributed by atoms with Gasteiger partial charge in [-0.1, -0.05) is 0 Å². The number of esters is 1. The number of piperazine rings is 1. The first-order valence-corrected chi connectivity index (χ1v) is 10.7. The van der Waals surface area contributed by atoms with Gasteiger partial charge in [-0.15, -0.1) is 0 Å². The summed E-state index contributed by atoms with van der Waals surface area (Å²) >= 11 is 0. The van der Waals surface area contributed by atoms with Crippen LogP contribution in [-0.4, -0.2) is 79.7 Å². The highest BCUT2D eigenvalue weighted by Gasteiger charge is 2.36. The Bertz CT molecular complexity index is 838. The van der Waals surface area contributed by atoms with Crippen LogP contribution in [0.25, 0.3) is 0 Å². The summed E-state index contributed by atoms with van der Waals surface area (Å²) in [6.07, 6.45) is 2.88. The zero-order chi connectivity index (χ0) is 21.8. The zero-order valence-electron chi connectivity index (χ0n) is 17.6. The number of amides is 3. The minimum absolute atomic E-state index is 0.0524. The number of carbonyl (C=O) groups excluding carboxylic acids is 3. The normalized spacial score (nSPS) is 24.7. The zero-order valence-corrected chi connectivity index (χ0v) is 17.6. The Labute approximate surface area is 180 Å². The van der Waals surface area contributed by atoms with Gasteiger partial charge in [0.1, 0.15) is 17.9 Å². The van der Waals surface area contributed by atoms with Crippen molar-refractivity contribution in [2.24, 2.45) is 0 Å². The maximum absolute atomic E-state index is 12.8. The molecule has 4 heterocycles. The molecule has 1 aromatic heterocycles. The summed E-state index contributed by atoms with van der Waals surface area (Å²) in [6.45, 7) is 5.38. The van der Waals surface area contributed by atoms with E-state index in [1.165, 1.54) is 6.26 Å². The lowest BCUT2D eigenvalue weighted by molar-refractivity contribution is -0.142. The Morgan fingerprint density at radius 3 is 2.71 bits per heavy atom. The van der Waals surface area contributed by atoms with Crippen LogP contribution in [0.15, 0.2) is 34.1 Å². The lowest BCUT2D eigenvalue weighted by Crippen LogP contribution is -2.54. The maximum Gasteiger partial charge on any atom is 0.338 e. The van der Waals surface area contributed by atoms with E-state index < -0.39 is 18.0 Å². The molecule has 1 aromatic rings. The molecule has 3 amide bonds. The van der Waals surface area contributed by atoms with Gasteiger partial charge >= 0.3 is 12.0 Å². The molecule has 0 bridgehead atoms. The summed E-state index contributed by atoms with van der Waals surface area (Å²) in [7, 11) is 0. The fraction of sp³-hybridized carbons (Fsp3) is 0.571. The van der Waals surface area contributed by atoms with E-state index in [4.69, 9.17) is 13.9 Å². The summed E-state index contributed by atoms with van der Waals surface area (Å²) in [5.41, 5.74) is 0.816. The standard InChI is InChI=1S/C21H28N4O6/c1-2-29-20(27)17-14(22-21(28)23-18(17)15-5-3-11-30-15)13-24-7-9-25(10-8-24)19(26)16-6-4-12-31-16/h3,5,11,16,18H,2,4,6-10,12-13H2,1H3,(H2,22,23,28). The fourth-order valence-electron chi connectivity index (χ4n) is 4.19. The van der Waals surface area contributed by atoms with Gasteiger partial charge in [0.15, 0.2) is 0 Å². The predicted molar refractivity (Wildman–Crippen MR) is 109 cm³/mol. The first kappa shape index (κ1) is 21.4. The van der Waals surface area contributed by atoms with E-state index in [1.54, 1.807) is 19.1 Å². The van der Waals surface area contributed by atoms with Crippen LogP contribution in [0.4, 0.5) is 4.79 Å². The van der Waals surface area contributed by atoms with Crippen LogP contribution in [0.3, 0.4) is 0 Å². The van der Waals surface area contributed by atoms with Gasteiger partial charge in [0.25, 0.3) is 5.91 Å². The first-order chi connectivity index (χ1) is 15.1. The van der Waals surface area contributed by atoms with Crippen molar-refractivity contribution in [1.29, 1.82) is 0 Å². The molecule has 168 valence electrons. The topological polar surface area (TPSA) is 113 Å². The minimum atomic E-state index is -0.722. The third-order valence-corrected chi connectivity index (χ3v) is 5.75. The van der Waals surface area contributed by atoms with E-state index in [-0.39, 0.29) is 18.6 Å². The van der Waals surface area contributed by atoms with Crippen LogP contribution in [0.1, 0.15) is 31.6 Å². The highest BCUT2D eigenvalue weighted by Crippen LogP contribution is 2.28. The van der Waals surface area contributed by atoms with Crippen LogP contribution in [0.2, 0.25) is 0 Å². The molecule has 3 aliphatic heterocycles. The second-order valence-electron chi connectivity index (χ2n) is 7.76. The van der Waals surface area contributed by atoms with Crippen molar-refractivity contribution in [2.75, 3.05) is 45.9 Å². The summed E-state index contributed by atoms with van der Waals surface area (Å²) in [4.78, 5) is 41.6. The smallest absolute Gasteiger partial charge is 0.338 e. The van der Waals surface area contributed by atoms with Crippen molar-refractivity contribution in [1.82, 2.24) is 20.4 Å². The molecule has 2 saturated heterocycles. The van der Waals surface area contributed by atoms with Gasteiger partial charge in [0.2, 0.25) is 0 Å². The molecule has 2 unspecified atom stereocenters. The average Bonchev–Trinajstić information content (AvgIpc) is 3.48. The molecule has 3 aliphatic rings. The quantitative estimate of drug-likeness (QED) is 0.639. The van der Waals surface area contributed by atoms with Crippen molar-refractivity contribution in [3.63, 3.8) is 0 Å². The van der Waals surface area contributed by atoms with E-state index in [1.807, 2.05) is 4.90 Å². The summed E-state index contributed by atoms with van der Waals surface area (Å²) in [5.74, 6) is 0.0117. The molecule has 10 heteroatoms. The third kappa shape index (κ3) is 4.75. The van der Waals surface area contributed by atoms with Crippen molar-refractivity contribution < 1.29 is 28.3 Å². The van der Waals surface area contributed by atoms with Gasteiger partial charge < -0.3 is 29.4 Å². The van der Waals surface area contributed by atoms with Crippen LogP contribution in [-0.2, 0) is 19.1 Å². The summed E-state index contributed by atoms with van der Waals surface area (Å²) in [5, 5.41) is 5.51. The van der Waals surface area contributed by atoms with Crippen LogP contribution in [0.5, 0.6) is 0 Å². The van der Waals surface area contributed by atoms with Crippen molar-refractivity contribution in [3.8, 4) is 0 Å². The number of furan rings is 1. The molecule has 0 radical (unpaired) electrons. The van der Waals surface area contributed by atoms with Gasteiger partial charge in [-0.3, -0.25) is 9.69 Å². The summed E-state index contributed by atoms with van der Waals surface area (Å²) in [6, 6.07) is 2.29. The Morgan fingerprint density at radius 2 is 2.06 bits per heavy atom. The molecule has 0 aliphatic carbocycles. The molecule has 4 rings (SSSR count). The SMILES string of the molecule is CCOC(=O)C1=C(CN2CCN(C(=O)C3CCCO3)CC2)NC(=O)NC1c1ccco1. The second-order valence-corrected chi connectivity index (χ2v) is 7.76. The molecule has 0 aromatic carbocycles. The van der Waals surface area contributed by atoms with Gasteiger partial charge in [0, 0.05) is 45.0 Å². The Morgan fingerprint density at radius 1 is 1.26 bits per heavy atom. The highest BCUT2D eigenvalue weighted by molar-refractivity contribution is 5.95. The number of nitrogens with zero attached hydrogens (tertiary/aromatic N) is 2. The predicted octanol–water partition coefficient (Wildman–Crippen LogP) is 0.774. The molecule has 2 fully saturated rings. The van der Waals surface area contributed by atoms with Crippen molar-refractivity contribution >= 4 is 17.9 Å². The largest absolute Gasteiger partial charge is 0.467 e. The number of rotatable bonds is 6. The Balaban J connectivity index is 1.48. The number of carbonyl (C=O) groups is 3. The van der Waals surface area contributed by atoms with Gasteiger partial charge in [0.05, 0.1) is 18.4 Å². The van der Waals surface area contributed by atoms with Gasteiger partial charge in [-0.05, 0) is 31.9 Å². The molecule has 0 saturated carbocycles. The summed E-state index contributed by atoms with van der Waals surface area (Å²) < 4.78 is 16.2. The van der Waals surface area contributed by atoms with Gasteiger partial charge in [-0.25, -0.2) is 9.59 Å². The number of hydrogen-bond donors (Lipinski definition) is 2. The fourth-order valence-corrected chi connectivity index (χ4v) is 4.19. The Kier molecular flexibility index (Phi) is 6.57. The number of hydrogen-bond acceptors (Lipinski definition) is 7. The second kappa shape index (κ2) is 9.52. The third-order valence-electron chi connectivity index (χ3n) is 5.75. The molecule has 0 spiro atoms. The van der Waals surface area contributed by atoms with Crippen molar-refractivity contribution in [2.45, 2.75) is 31.9 Å². The van der Waals surface area contributed by atoms with E-state index in [9.17, 15) is 14.4 Å². The molecule has 10 nitrogen and oxygen atoms in total. The van der Waals surface area contributed by atoms with Crippen molar-refractivity contribution in [3.05, 3.63) is 35.4 Å². The Hall–Kier alpha value is -2.85. The van der Waals surface area contributed by atoms with E-state index in [2.05, 4.69) is 15.5 Å². The number of urea groups is 1. The highest BCUT2D eigenvalue weighted by atomic mass is 16.5. The first-order valence-electron chi connectivity index (χ1n) is 10.7. The molecule has 2 atom stereocenters. The van der Waals surface area contributed by atoms with Crippen LogP contribution < -0.4 is 10.6 Å². The van der Waals surface area contributed by atoms with E-state index in [0.717, 1.165) is 12.8 Å². The lowest BCUT2D eigenvalue weighted by Gasteiger charge is -2.37. The van der Waals surface area contributed by atoms with Crippen LogP contribution in [0, 0.1) is 0 Å². The monoisotopic (exact) mass is 432 g/mol. The minimum Gasteiger partial charge on any atom is -0.467 e. The van der Waals surface area contributed by atoms with E-state index >= 15 is 0 Å². The maximum atomic E-state index is 12.8. The van der Waals surface area contributed by atoms with Crippen LogP contribution >= 0.6 is 0 Å². The lowest BCUT2D eigenvalue weighted by atomic mass is 9.99. The van der Waals surface area contributed by atoms with Gasteiger partial charge in [-0.2, -0.15) is 0 Å². The molecular formula is C21H28N4O6. The molecule has 2 N–H and O–H groups in total. The molecule has 31 heavy (non-hydrogen) atoms. The van der Waals surface area contributed by atoms with E-state index in [0.29, 0.717) is 56.4 Å². The number of ether oxygens (including phenoxy) is 2. The number of nitrogens with one attached hydrogen (secondary N) is 2. The molecular weight excluding hydrogens is 404 g/mol. The average molecular weight is 432 g/mol.